The van der Waals surface area contributed by atoms with Gasteiger partial charge in [0.25, 0.3) is 0 Å². The number of pyridine rings is 1. The fourth-order valence-corrected chi connectivity index (χ4v) is 2.98. The molecule has 0 N–H and O–H groups in total. The van der Waals surface area contributed by atoms with Gasteiger partial charge < -0.3 is 4.42 Å². The summed E-state index contributed by atoms with van der Waals surface area (Å²) in [6.45, 7) is 1.37. The van der Waals surface area contributed by atoms with Crippen molar-refractivity contribution in [2.24, 2.45) is 0 Å². The van der Waals surface area contributed by atoms with Crippen LogP contribution in [-0.4, -0.2) is 10.2 Å². The molecule has 0 aliphatic carbocycles. The maximum absolute atomic E-state index is 12.6. The van der Waals surface area contributed by atoms with Crippen LogP contribution in [-0.2, 0) is 0 Å². The molecule has 2 heterocycles. The SMILES string of the molecule is CC(=O)c1c(=O)c2ccccc2n2c1oc1ccc(Cl)cc12. The molecule has 2 aromatic carbocycles. The number of hydrogen-bond acceptors (Lipinski definition) is 3. The Hall–Kier alpha value is -2.59. The number of carbonyl (C=O) groups excluding carboxylic acids is 1. The smallest absolute Gasteiger partial charge is 0.220 e. The Kier molecular flexibility index (Phi) is 2.65. The van der Waals surface area contributed by atoms with E-state index in [1.54, 1.807) is 34.7 Å². The van der Waals surface area contributed by atoms with Gasteiger partial charge in [0.05, 0.1) is 11.0 Å². The first kappa shape index (κ1) is 13.1. The number of nitrogens with zero attached hydrogens (tertiary/aromatic N) is 1. The first-order valence-corrected chi connectivity index (χ1v) is 7.12. The molecule has 4 nitrogen and oxygen atoms in total. The number of ketones is 1. The average molecular weight is 312 g/mol. The molecule has 0 aliphatic rings. The van der Waals surface area contributed by atoms with E-state index in [1.165, 1.54) is 6.92 Å². The van der Waals surface area contributed by atoms with Crippen molar-refractivity contribution in [1.29, 1.82) is 0 Å². The maximum atomic E-state index is 12.6. The monoisotopic (exact) mass is 311 g/mol. The van der Waals surface area contributed by atoms with Crippen molar-refractivity contribution in [2.75, 3.05) is 0 Å². The predicted molar refractivity (Wildman–Crippen MR) is 86.0 cm³/mol. The van der Waals surface area contributed by atoms with Crippen LogP contribution in [0.2, 0.25) is 5.02 Å². The van der Waals surface area contributed by atoms with E-state index >= 15 is 0 Å². The second-order valence-electron chi connectivity index (χ2n) is 5.13. The summed E-state index contributed by atoms with van der Waals surface area (Å²) < 4.78 is 7.54. The van der Waals surface area contributed by atoms with E-state index in [0.29, 0.717) is 21.5 Å². The number of carbonyl (C=O) groups is 1. The first-order valence-electron chi connectivity index (χ1n) is 6.74. The fraction of sp³-hybridized carbons (Fsp3) is 0.0588. The summed E-state index contributed by atoms with van der Waals surface area (Å²) in [7, 11) is 0. The molecule has 108 valence electrons. The van der Waals surface area contributed by atoms with Crippen molar-refractivity contribution >= 4 is 45.1 Å². The van der Waals surface area contributed by atoms with Gasteiger partial charge in [-0.05, 0) is 37.3 Å². The van der Waals surface area contributed by atoms with Crippen molar-refractivity contribution in [1.82, 2.24) is 4.40 Å². The van der Waals surface area contributed by atoms with Crippen molar-refractivity contribution in [3.8, 4) is 0 Å². The summed E-state index contributed by atoms with van der Waals surface area (Å²) in [5.41, 5.74) is 1.99. The van der Waals surface area contributed by atoms with Gasteiger partial charge in [-0.15, -0.1) is 0 Å². The van der Waals surface area contributed by atoms with Crippen LogP contribution in [0, 0.1) is 0 Å². The molecule has 0 fully saturated rings. The highest BCUT2D eigenvalue weighted by molar-refractivity contribution is 6.31. The third kappa shape index (κ3) is 1.64. The van der Waals surface area contributed by atoms with Crippen LogP contribution in [0.3, 0.4) is 0 Å². The van der Waals surface area contributed by atoms with E-state index in [0.717, 1.165) is 5.52 Å². The molecule has 0 aliphatic heterocycles. The Labute approximate surface area is 129 Å². The van der Waals surface area contributed by atoms with Crippen LogP contribution in [0.25, 0.3) is 27.7 Å². The van der Waals surface area contributed by atoms with E-state index in [2.05, 4.69) is 0 Å². The van der Waals surface area contributed by atoms with Gasteiger partial charge in [0, 0.05) is 10.4 Å². The molecule has 4 aromatic rings. The van der Waals surface area contributed by atoms with Gasteiger partial charge in [-0.1, -0.05) is 23.7 Å². The van der Waals surface area contributed by atoms with Crippen molar-refractivity contribution in [2.45, 2.75) is 6.92 Å². The largest absolute Gasteiger partial charge is 0.437 e. The number of halogens is 1. The Morgan fingerprint density at radius 2 is 1.91 bits per heavy atom. The summed E-state index contributed by atoms with van der Waals surface area (Å²) >= 11 is 6.08. The second-order valence-corrected chi connectivity index (χ2v) is 5.57. The molecule has 0 saturated heterocycles. The van der Waals surface area contributed by atoms with E-state index < -0.39 is 0 Å². The molecule has 2 aromatic heterocycles. The molecule has 22 heavy (non-hydrogen) atoms. The summed E-state index contributed by atoms with van der Waals surface area (Å²) in [6.07, 6.45) is 0. The molecule has 4 rings (SSSR count). The molecular weight excluding hydrogens is 302 g/mol. The molecule has 0 radical (unpaired) electrons. The molecule has 0 amide bonds. The lowest BCUT2D eigenvalue weighted by Crippen LogP contribution is -2.15. The minimum Gasteiger partial charge on any atom is -0.437 e. The predicted octanol–water partition coefficient (Wildman–Crippen LogP) is 4.05. The van der Waals surface area contributed by atoms with Gasteiger partial charge in [0.2, 0.25) is 11.1 Å². The standard InChI is InChI=1S/C17H10ClNO3/c1-9(20)15-16(21)11-4-2-3-5-12(11)19-13-8-10(18)6-7-14(13)22-17(15)19/h2-8H,1H3. The van der Waals surface area contributed by atoms with Crippen LogP contribution in [0.4, 0.5) is 0 Å². The summed E-state index contributed by atoms with van der Waals surface area (Å²) in [5.74, 6) is -0.321. The van der Waals surface area contributed by atoms with E-state index in [1.807, 2.05) is 12.1 Å². The summed E-state index contributed by atoms with van der Waals surface area (Å²) in [4.78, 5) is 24.6. The number of fused-ring (bicyclic) bond motifs is 5. The zero-order valence-electron chi connectivity index (χ0n) is 11.6. The van der Waals surface area contributed by atoms with Crippen LogP contribution in [0.1, 0.15) is 17.3 Å². The number of aromatic nitrogens is 1. The summed E-state index contributed by atoms with van der Waals surface area (Å²) in [5, 5.41) is 1.04. The first-order chi connectivity index (χ1) is 10.6. The molecule has 0 spiro atoms. The van der Waals surface area contributed by atoms with Gasteiger partial charge in [-0.25, -0.2) is 0 Å². The van der Waals surface area contributed by atoms with Crippen molar-refractivity contribution < 1.29 is 9.21 Å². The number of rotatable bonds is 1. The Bertz CT molecular complexity index is 1140. The quantitative estimate of drug-likeness (QED) is 0.498. The highest BCUT2D eigenvalue weighted by Gasteiger charge is 2.20. The third-order valence-corrected chi connectivity index (χ3v) is 3.99. The van der Waals surface area contributed by atoms with Gasteiger partial charge in [-0.3, -0.25) is 14.0 Å². The zero-order valence-corrected chi connectivity index (χ0v) is 12.3. The minimum atomic E-state index is -0.321. The topological polar surface area (TPSA) is 51.7 Å². The Morgan fingerprint density at radius 3 is 2.68 bits per heavy atom. The maximum Gasteiger partial charge on any atom is 0.220 e. The fourth-order valence-electron chi connectivity index (χ4n) is 2.82. The molecule has 0 atom stereocenters. The Morgan fingerprint density at radius 1 is 1.14 bits per heavy atom. The molecular formula is C17H10ClNO3. The number of benzene rings is 2. The van der Waals surface area contributed by atoms with E-state index in [9.17, 15) is 9.59 Å². The lowest BCUT2D eigenvalue weighted by molar-refractivity contribution is 0.101. The van der Waals surface area contributed by atoms with Crippen molar-refractivity contribution in [3.05, 3.63) is 63.3 Å². The molecule has 0 saturated carbocycles. The van der Waals surface area contributed by atoms with E-state index in [-0.39, 0.29) is 22.5 Å². The Balaban J connectivity index is 2.43. The third-order valence-electron chi connectivity index (χ3n) is 3.75. The highest BCUT2D eigenvalue weighted by atomic mass is 35.5. The van der Waals surface area contributed by atoms with Gasteiger partial charge in [0.1, 0.15) is 5.56 Å². The molecule has 5 heteroatoms. The summed E-state index contributed by atoms with van der Waals surface area (Å²) in [6, 6.07) is 12.3. The minimum absolute atomic E-state index is 0.0611. The number of hydrogen-bond donors (Lipinski definition) is 0. The van der Waals surface area contributed by atoms with Gasteiger partial charge >= 0.3 is 0 Å². The van der Waals surface area contributed by atoms with E-state index in [4.69, 9.17) is 16.0 Å². The van der Waals surface area contributed by atoms with Gasteiger partial charge in [0.15, 0.2) is 11.4 Å². The van der Waals surface area contributed by atoms with Crippen LogP contribution >= 0.6 is 11.6 Å². The van der Waals surface area contributed by atoms with Crippen LogP contribution < -0.4 is 5.43 Å². The average Bonchev–Trinajstić information content (AvgIpc) is 2.85. The lowest BCUT2D eigenvalue weighted by atomic mass is 10.1. The second kappa shape index (κ2) is 4.45. The van der Waals surface area contributed by atoms with Gasteiger partial charge in [-0.2, -0.15) is 0 Å². The number of oxazole rings is 1. The van der Waals surface area contributed by atoms with Crippen LogP contribution in [0.15, 0.2) is 51.7 Å². The lowest BCUT2D eigenvalue weighted by Gasteiger charge is -2.04. The molecule has 0 bridgehead atoms. The number of para-hydroxylation sites is 1. The number of Topliss-reactive ketones (excluding diaryl/α,β-unsaturated/α-hetero) is 1. The van der Waals surface area contributed by atoms with Crippen LogP contribution in [0.5, 0.6) is 0 Å². The van der Waals surface area contributed by atoms with Crippen molar-refractivity contribution in [3.63, 3.8) is 0 Å². The molecule has 0 unspecified atom stereocenters. The highest BCUT2D eigenvalue weighted by Crippen LogP contribution is 2.28. The zero-order chi connectivity index (χ0) is 15.4. The normalized spacial score (nSPS) is 11.5.